The highest BCUT2D eigenvalue weighted by Gasteiger charge is 2.36. The van der Waals surface area contributed by atoms with Gasteiger partial charge in [-0.15, -0.1) is 0 Å². The van der Waals surface area contributed by atoms with Gasteiger partial charge in [0, 0.05) is 5.69 Å². The normalized spacial score (nSPS) is 14.1. The third-order valence-electron chi connectivity index (χ3n) is 5.15. The summed E-state index contributed by atoms with van der Waals surface area (Å²) in [4.78, 5) is 38.7. The number of para-hydroxylation sites is 1. The highest BCUT2D eigenvalue weighted by atomic mass is 35.5. The fraction of sp³-hybridized carbons (Fsp3) is 0.148. The summed E-state index contributed by atoms with van der Waals surface area (Å²) in [5, 5.41) is 2.44. The molecule has 0 aliphatic carbocycles. The number of nitrogens with zero attached hydrogens (tertiary/aromatic N) is 1. The summed E-state index contributed by atoms with van der Waals surface area (Å²) in [6.45, 7) is 0.361. The van der Waals surface area contributed by atoms with Crippen molar-refractivity contribution in [1.29, 1.82) is 0 Å². The number of thioether (sulfide) groups is 1. The van der Waals surface area contributed by atoms with Crippen LogP contribution in [0.15, 0.2) is 77.7 Å². The second-order valence-electron chi connectivity index (χ2n) is 7.74. The molecule has 0 aromatic heterocycles. The molecule has 1 heterocycles. The third kappa shape index (κ3) is 7.05. The van der Waals surface area contributed by atoms with Crippen LogP contribution in [0.25, 0.3) is 6.08 Å². The van der Waals surface area contributed by atoms with Gasteiger partial charge in [0.15, 0.2) is 0 Å². The summed E-state index contributed by atoms with van der Waals surface area (Å²) >= 11 is 6.86. The average Bonchev–Trinajstić information content (AvgIpc) is 3.15. The van der Waals surface area contributed by atoms with Crippen molar-refractivity contribution in [2.45, 2.75) is 0 Å². The van der Waals surface area contributed by atoms with Crippen LogP contribution in [0.1, 0.15) is 5.56 Å². The van der Waals surface area contributed by atoms with Crippen molar-refractivity contribution in [2.24, 2.45) is 0 Å². The standard InChI is InChI=1S/C27H23ClN2O6S/c1-34-23-12-9-19(16-22(23)28)29-25(31)17-30-26(32)24(37-27(30)33)15-18-7-10-21(11-8-18)36-14-13-35-20-5-3-2-4-6-20/h2-12,15-16H,13-14,17H2,1H3,(H,29,31)/b24-15+. The first-order valence-corrected chi connectivity index (χ1v) is 12.4. The van der Waals surface area contributed by atoms with E-state index in [-0.39, 0.29) is 4.91 Å². The van der Waals surface area contributed by atoms with Crippen LogP contribution in [0, 0.1) is 0 Å². The zero-order chi connectivity index (χ0) is 26.2. The number of halogens is 1. The molecule has 0 radical (unpaired) electrons. The molecule has 0 saturated carbocycles. The zero-order valence-corrected chi connectivity index (χ0v) is 21.4. The Labute approximate surface area is 223 Å². The molecule has 0 unspecified atom stereocenters. The number of hydrogen-bond acceptors (Lipinski definition) is 7. The summed E-state index contributed by atoms with van der Waals surface area (Å²) in [5.41, 5.74) is 1.14. The molecule has 1 fully saturated rings. The number of rotatable bonds is 10. The van der Waals surface area contributed by atoms with Gasteiger partial charge in [-0.2, -0.15) is 0 Å². The van der Waals surface area contributed by atoms with E-state index in [1.54, 1.807) is 42.5 Å². The van der Waals surface area contributed by atoms with Crippen LogP contribution in [-0.4, -0.2) is 48.8 Å². The van der Waals surface area contributed by atoms with Gasteiger partial charge in [-0.3, -0.25) is 19.3 Å². The van der Waals surface area contributed by atoms with Crippen LogP contribution in [0.2, 0.25) is 5.02 Å². The van der Waals surface area contributed by atoms with Gasteiger partial charge in [-0.05, 0) is 65.9 Å². The first-order chi connectivity index (χ1) is 17.9. The average molecular weight is 539 g/mol. The van der Waals surface area contributed by atoms with Gasteiger partial charge < -0.3 is 19.5 Å². The number of nitrogens with one attached hydrogen (secondary N) is 1. The number of carbonyl (C=O) groups excluding carboxylic acids is 3. The smallest absolute Gasteiger partial charge is 0.294 e. The molecule has 1 N–H and O–H groups in total. The van der Waals surface area contributed by atoms with Gasteiger partial charge in [0.2, 0.25) is 5.91 Å². The molecule has 0 bridgehead atoms. The number of benzene rings is 3. The lowest BCUT2D eigenvalue weighted by Crippen LogP contribution is -2.36. The predicted octanol–water partition coefficient (Wildman–Crippen LogP) is 5.48. The van der Waals surface area contributed by atoms with Crippen molar-refractivity contribution >= 4 is 52.2 Å². The SMILES string of the molecule is COc1ccc(NC(=O)CN2C(=O)S/C(=C/c3ccc(OCCOc4ccccc4)cc3)C2=O)cc1Cl. The lowest BCUT2D eigenvalue weighted by atomic mass is 10.2. The van der Waals surface area contributed by atoms with E-state index < -0.39 is 23.6 Å². The van der Waals surface area contributed by atoms with Crippen molar-refractivity contribution < 1.29 is 28.6 Å². The number of amides is 3. The molecule has 3 aromatic carbocycles. The fourth-order valence-corrected chi connectivity index (χ4v) is 4.47. The van der Waals surface area contributed by atoms with Crippen LogP contribution in [0.4, 0.5) is 10.5 Å². The first kappa shape index (κ1) is 26.1. The predicted molar refractivity (Wildman–Crippen MR) is 143 cm³/mol. The fourth-order valence-electron chi connectivity index (χ4n) is 3.37. The highest BCUT2D eigenvalue weighted by molar-refractivity contribution is 8.18. The number of hydrogen-bond donors (Lipinski definition) is 1. The topological polar surface area (TPSA) is 94.2 Å². The minimum atomic E-state index is -0.531. The van der Waals surface area contributed by atoms with Crippen LogP contribution in [0.3, 0.4) is 0 Å². The van der Waals surface area contributed by atoms with Crippen molar-refractivity contribution in [3.63, 3.8) is 0 Å². The summed E-state index contributed by atoms with van der Waals surface area (Å²) in [5.74, 6) is 0.835. The molecule has 1 aliphatic rings. The lowest BCUT2D eigenvalue weighted by molar-refractivity contribution is -0.127. The molecule has 4 rings (SSSR count). The Morgan fingerprint density at radius 2 is 1.65 bits per heavy atom. The van der Waals surface area contributed by atoms with E-state index in [0.717, 1.165) is 28.0 Å². The van der Waals surface area contributed by atoms with E-state index >= 15 is 0 Å². The number of anilines is 1. The Hall–Kier alpha value is -3.95. The molecular weight excluding hydrogens is 516 g/mol. The number of carbonyl (C=O) groups is 3. The maximum atomic E-state index is 12.8. The van der Waals surface area contributed by atoms with E-state index in [0.29, 0.717) is 35.4 Å². The van der Waals surface area contributed by atoms with Crippen LogP contribution < -0.4 is 19.5 Å². The Bertz CT molecular complexity index is 1310. The minimum Gasteiger partial charge on any atom is -0.495 e. The second kappa shape index (κ2) is 12.3. The molecule has 37 heavy (non-hydrogen) atoms. The van der Waals surface area contributed by atoms with Gasteiger partial charge in [0.05, 0.1) is 17.0 Å². The molecule has 1 aliphatic heterocycles. The van der Waals surface area contributed by atoms with E-state index in [4.69, 9.17) is 25.8 Å². The summed E-state index contributed by atoms with van der Waals surface area (Å²) in [6, 6.07) is 21.3. The summed E-state index contributed by atoms with van der Waals surface area (Å²) in [6.07, 6.45) is 1.61. The van der Waals surface area contributed by atoms with E-state index in [1.165, 1.54) is 13.2 Å². The molecule has 3 amide bonds. The molecule has 190 valence electrons. The zero-order valence-electron chi connectivity index (χ0n) is 19.8. The van der Waals surface area contributed by atoms with Gasteiger partial charge in [-0.25, -0.2) is 0 Å². The molecular formula is C27H23ClN2O6S. The molecule has 8 nitrogen and oxygen atoms in total. The van der Waals surface area contributed by atoms with Crippen LogP contribution in [0.5, 0.6) is 17.2 Å². The van der Waals surface area contributed by atoms with E-state index in [9.17, 15) is 14.4 Å². The minimum absolute atomic E-state index is 0.232. The van der Waals surface area contributed by atoms with Gasteiger partial charge in [0.25, 0.3) is 11.1 Å². The molecule has 3 aromatic rings. The van der Waals surface area contributed by atoms with Crippen molar-refractivity contribution in [3.8, 4) is 17.2 Å². The van der Waals surface area contributed by atoms with Crippen molar-refractivity contribution in [1.82, 2.24) is 4.90 Å². The summed E-state index contributed by atoms with van der Waals surface area (Å²) in [7, 11) is 1.48. The quantitative estimate of drug-likeness (QED) is 0.270. The number of methoxy groups -OCH3 is 1. The van der Waals surface area contributed by atoms with Crippen LogP contribution in [-0.2, 0) is 9.59 Å². The molecule has 0 spiro atoms. The van der Waals surface area contributed by atoms with Crippen molar-refractivity contribution in [3.05, 3.63) is 88.3 Å². The lowest BCUT2D eigenvalue weighted by Gasteiger charge is -2.13. The van der Waals surface area contributed by atoms with E-state index in [2.05, 4.69) is 5.32 Å². The molecule has 0 atom stereocenters. The van der Waals surface area contributed by atoms with Gasteiger partial charge >= 0.3 is 0 Å². The Morgan fingerprint density at radius 1 is 0.973 bits per heavy atom. The molecule has 1 saturated heterocycles. The Kier molecular flexibility index (Phi) is 8.71. The number of ether oxygens (including phenoxy) is 3. The van der Waals surface area contributed by atoms with Crippen LogP contribution >= 0.6 is 23.4 Å². The maximum Gasteiger partial charge on any atom is 0.294 e. The Morgan fingerprint density at radius 3 is 2.30 bits per heavy atom. The highest BCUT2D eigenvalue weighted by Crippen LogP contribution is 2.32. The Balaban J connectivity index is 1.29. The monoisotopic (exact) mass is 538 g/mol. The van der Waals surface area contributed by atoms with Gasteiger partial charge in [-0.1, -0.05) is 41.9 Å². The third-order valence-corrected chi connectivity index (χ3v) is 6.36. The maximum absolute atomic E-state index is 12.8. The number of imide groups is 1. The second-order valence-corrected chi connectivity index (χ2v) is 9.14. The van der Waals surface area contributed by atoms with E-state index in [1.807, 2.05) is 30.3 Å². The van der Waals surface area contributed by atoms with Crippen molar-refractivity contribution in [2.75, 3.05) is 32.2 Å². The largest absolute Gasteiger partial charge is 0.495 e. The summed E-state index contributed by atoms with van der Waals surface area (Å²) < 4.78 is 16.4. The van der Waals surface area contributed by atoms with Gasteiger partial charge in [0.1, 0.15) is 37.0 Å². The first-order valence-electron chi connectivity index (χ1n) is 11.2. The molecule has 10 heteroatoms.